The van der Waals surface area contributed by atoms with Crippen LogP contribution in [0, 0.1) is 0 Å². The van der Waals surface area contributed by atoms with Crippen LogP contribution in [0.4, 0.5) is 0 Å². The smallest absolute Gasteiger partial charge is 0.142 e. The lowest BCUT2D eigenvalue weighted by Gasteiger charge is -2.26. The van der Waals surface area contributed by atoms with Gasteiger partial charge in [-0.2, -0.15) is 0 Å². The Hall–Kier alpha value is -1.13. The third-order valence-electron chi connectivity index (χ3n) is 2.58. The second kappa shape index (κ2) is 5.09. The van der Waals surface area contributed by atoms with E-state index in [9.17, 15) is 0 Å². The molecule has 0 aromatic carbocycles. The second-order valence-corrected chi connectivity index (χ2v) is 3.61. The van der Waals surface area contributed by atoms with Crippen LogP contribution < -0.4 is 10.5 Å². The molecule has 2 N–H and O–H groups in total. The standard InChI is InChI=1S/C11H16N2O2/c12-7-9-1-4-13-8-11(9)15-6-3-10-2-5-14-10/h1,4,8,10H,2-3,5-7,12H2. The normalized spacial score (nSPS) is 19.7. The van der Waals surface area contributed by atoms with E-state index < -0.39 is 0 Å². The van der Waals surface area contributed by atoms with Crippen LogP contribution in [0.3, 0.4) is 0 Å². The maximum Gasteiger partial charge on any atom is 0.142 e. The SMILES string of the molecule is NCc1ccncc1OCCC1CCO1. The average Bonchev–Trinajstić information content (AvgIpc) is 2.22. The van der Waals surface area contributed by atoms with Gasteiger partial charge in [0.1, 0.15) is 5.75 Å². The molecule has 0 aliphatic carbocycles. The fourth-order valence-corrected chi connectivity index (χ4v) is 1.52. The first-order valence-electron chi connectivity index (χ1n) is 5.27. The van der Waals surface area contributed by atoms with Crippen LogP contribution in [0.25, 0.3) is 0 Å². The number of ether oxygens (including phenoxy) is 2. The van der Waals surface area contributed by atoms with Gasteiger partial charge in [-0.3, -0.25) is 4.98 Å². The Kier molecular flexibility index (Phi) is 3.53. The molecule has 1 aromatic heterocycles. The van der Waals surface area contributed by atoms with Crippen molar-refractivity contribution in [1.29, 1.82) is 0 Å². The van der Waals surface area contributed by atoms with Gasteiger partial charge in [0.15, 0.2) is 0 Å². The first-order valence-corrected chi connectivity index (χ1v) is 5.27. The van der Waals surface area contributed by atoms with Crippen molar-refractivity contribution >= 4 is 0 Å². The minimum Gasteiger partial charge on any atom is -0.492 e. The highest BCUT2D eigenvalue weighted by Gasteiger charge is 2.17. The van der Waals surface area contributed by atoms with E-state index in [0.29, 0.717) is 19.3 Å². The van der Waals surface area contributed by atoms with Gasteiger partial charge in [-0.1, -0.05) is 0 Å². The molecule has 4 heteroatoms. The second-order valence-electron chi connectivity index (χ2n) is 3.61. The summed E-state index contributed by atoms with van der Waals surface area (Å²) in [4.78, 5) is 4.01. The number of pyridine rings is 1. The molecule has 82 valence electrons. The van der Waals surface area contributed by atoms with E-state index in [2.05, 4.69) is 4.98 Å². The van der Waals surface area contributed by atoms with Crippen molar-refractivity contribution in [3.05, 3.63) is 24.0 Å². The molecule has 0 bridgehead atoms. The summed E-state index contributed by atoms with van der Waals surface area (Å²) in [7, 11) is 0. The largest absolute Gasteiger partial charge is 0.492 e. The highest BCUT2D eigenvalue weighted by Crippen LogP contribution is 2.18. The maximum absolute atomic E-state index is 5.61. The molecule has 1 saturated heterocycles. The lowest BCUT2D eigenvalue weighted by molar-refractivity contribution is -0.0597. The molecule has 0 amide bonds. The first-order chi connectivity index (χ1) is 7.40. The monoisotopic (exact) mass is 208 g/mol. The Balaban J connectivity index is 1.81. The molecular formula is C11H16N2O2. The van der Waals surface area contributed by atoms with Gasteiger partial charge >= 0.3 is 0 Å². The van der Waals surface area contributed by atoms with Gasteiger partial charge in [0.05, 0.1) is 18.9 Å². The van der Waals surface area contributed by atoms with Gasteiger partial charge in [0, 0.05) is 31.3 Å². The molecule has 4 nitrogen and oxygen atoms in total. The molecule has 1 atom stereocenters. The van der Waals surface area contributed by atoms with Crippen molar-refractivity contribution < 1.29 is 9.47 Å². The molecule has 1 aromatic rings. The zero-order valence-electron chi connectivity index (χ0n) is 8.69. The molecule has 15 heavy (non-hydrogen) atoms. The van der Waals surface area contributed by atoms with Gasteiger partial charge < -0.3 is 15.2 Å². The van der Waals surface area contributed by atoms with E-state index in [1.54, 1.807) is 12.4 Å². The zero-order valence-corrected chi connectivity index (χ0v) is 8.69. The molecule has 2 rings (SSSR count). The Morgan fingerprint density at radius 3 is 3.13 bits per heavy atom. The van der Waals surface area contributed by atoms with Gasteiger partial charge in [-0.15, -0.1) is 0 Å². The lowest BCUT2D eigenvalue weighted by atomic mass is 10.1. The fraction of sp³-hybridized carbons (Fsp3) is 0.545. The van der Waals surface area contributed by atoms with Gasteiger partial charge in [0.2, 0.25) is 0 Å². The van der Waals surface area contributed by atoms with Crippen LogP contribution in [0.15, 0.2) is 18.5 Å². The summed E-state index contributed by atoms with van der Waals surface area (Å²) in [5.41, 5.74) is 6.59. The van der Waals surface area contributed by atoms with E-state index in [0.717, 1.165) is 30.8 Å². The molecule has 0 saturated carbocycles. The minimum absolute atomic E-state index is 0.392. The van der Waals surface area contributed by atoms with Gasteiger partial charge in [-0.05, 0) is 12.5 Å². The zero-order chi connectivity index (χ0) is 10.5. The van der Waals surface area contributed by atoms with Crippen molar-refractivity contribution in [3.8, 4) is 5.75 Å². The summed E-state index contributed by atoms with van der Waals surface area (Å²) in [5, 5.41) is 0. The molecular weight excluding hydrogens is 192 g/mol. The Bertz CT molecular complexity index is 313. The number of nitrogens with zero attached hydrogens (tertiary/aromatic N) is 1. The Labute approximate surface area is 89.4 Å². The van der Waals surface area contributed by atoms with Crippen LogP contribution in [0.1, 0.15) is 18.4 Å². The van der Waals surface area contributed by atoms with Crippen molar-refractivity contribution in [2.75, 3.05) is 13.2 Å². The molecule has 0 spiro atoms. The van der Waals surface area contributed by atoms with Crippen LogP contribution >= 0.6 is 0 Å². The topological polar surface area (TPSA) is 57.4 Å². The summed E-state index contributed by atoms with van der Waals surface area (Å²) >= 11 is 0. The van der Waals surface area contributed by atoms with E-state index in [1.807, 2.05) is 6.07 Å². The van der Waals surface area contributed by atoms with Gasteiger partial charge in [-0.25, -0.2) is 0 Å². The molecule has 0 radical (unpaired) electrons. The average molecular weight is 208 g/mol. The summed E-state index contributed by atoms with van der Waals surface area (Å²) in [5.74, 6) is 0.791. The number of nitrogens with two attached hydrogens (primary N) is 1. The quantitative estimate of drug-likeness (QED) is 0.787. The minimum atomic E-state index is 0.392. The number of hydrogen-bond acceptors (Lipinski definition) is 4. The highest BCUT2D eigenvalue weighted by atomic mass is 16.5. The fourth-order valence-electron chi connectivity index (χ4n) is 1.52. The van der Waals surface area contributed by atoms with Crippen LogP contribution in [-0.2, 0) is 11.3 Å². The summed E-state index contributed by atoms with van der Waals surface area (Å²) in [6.07, 6.45) is 5.93. The van der Waals surface area contributed by atoms with Crippen LogP contribution in [0.2, 0.25) is 0 Å². The van der Waals surface area contributed by atoms with Crippen molar-refractivity contribution in [1.82, 2.24) is 4.98 Å². The van der Waals surface area contributed by atoms with Gasteiger partial charge in [0.25, 0.3) is 0 Å². The van der Waals surface area contributed by atoms with E-state index >= 15 is 0 Å². The highest BCUT2D eigenvalue weighted by molar-refractivity contribution is 5.29. The summed E-state index contributed by atoms with van der Waals surface area (Å²) in [6, 6.07) is 1.88. The molecule has 1 aliphatic rings. The molecule has 1 fully saturated rings. The van der Waals surface area contributed by atoms with Crippen molar-refractivity contribution in [2.45, 2.75) is 25.5 Å². The molecule has 2 heterocycles. The Morgan fingerprint density at radius 2 is 2.47 bits per heavy atom. The third-order valence-corrected chi connectivity index (χ3v) is 2.58. The van der Waals surface area contributed by atoms with Crippen LogP contribution in [-0.4, -0.2) is 24.3 Å². The predicted octanol–water partition coefficient (Wildman–Crippen LogP) is 1.10. The number of rotatable bonds is 5. The summed E-state index contributed by atoms with van der Waals surface area (Å²) < 4.78 is 10.9. The van der Waals surface area contributed by atoms with E-state index in [1.165, 1.54) is 0 Å². The third kappa shape index (κ3) is 2.67. The summed E-state index contributed by atoms with van der Waals surface area (Å²) in [6.45, 7) is 2.05. The van der Waals surface area contributed by atoms with Crippen LogP contribution in [0.5, 0.6) is 5.75 Å². The van der Waals surface area contributed by atoms with Crippen molar-refractivity contribution in [3.63, 3.8) is 0 Å². The van der Waals surface area contributed by atoms with Crippen molar-refractivity contribution in [2.24, 2.45) is 5.73 Å². The lowest BCUT2D eigenvalue weighted by Crippen LogP contribution is -2.28. The number of hydrogen-bond donors (Lipinski definition) is 1. The first kappa shape index (κ1) is 10.4. The Morgan fingerprint density at radius 1 is 1.60 bits per heavy atom. The number of aromatic nitrogens is 1. The maximum atomic E-state index is 5.61. The molecule has 1 unspecified atom stereocenters. The molecule has 1 aliphatic heterocycles. The van der Waals surface area contributed by atoms with E-state index in [-0.39, 0.29) is 0 Å². The van der Waals surface area contributed by atoms with E-state index in [4.69, 9.17) is 15.2 Å². The predicted molar refractivity (Wildman–Crippen MR) is 56.6 cm³/mol.